The Morgan fingerprint density at radius 1 is 1.18 bits per heavy atom. The lowest BCUT2D eigenvalue weighted by Crippen LogP contribution is -1.99. The highest BCUT2D eigenvalue weighted by Gasteiger charge is 2.12. The summed E-state index contributed by atoms with van der Waals surface area (Å²) in [6.07, 6.45) is 1.47. The molecule has 4 heteroatoms. The number of ether oxygens (including phenoxy) is 1. The third-order valence-corrected chi connectivity index (χ3v) is 2.73. The van der Waals surface area contributed by atoms with Gasteiger partial charge in [-0.25, -0.2) is 9.97 Å². The number of hydrogen-bond acceptors (Lipinski definition) is 4. The second-order valence-corrected chi connectivity index (χ2v) is 3.94. The molecule has 0 amide bonds. The Morgan fingerprint density at radius 2 is 1.94 bits per heavy atom. The summed E-state index contributed by atoms with van der Waals surface area (Å²) < 4.78 is 5.35. The van der Waals surface area contributed by atoms with Crippen molar-refractivity contribution in [3.63, 3.8) is 0 Å². The number of aryl methyl sites for hydroxylation is 1. The molecule has 0 saturated carbocycles. The molecule has 0 unspecified atom stereocenters. The smallest absolute Gasteiger partial charge is 0.130 e. The molecule has 0 saturated heterocycles. The van der Waals surface area contributed by atoms with Gasteiger partial charge in [-0.2, -0.15) is 0 Å². The van der Waals surface area contributed by atoms with E-state index in [9.17, 15) is 0 Å². The van der Waals surface area contributed by atoms with Gasteiger partial charge in [0, 0.05) is 11.1 Å². The number of nitrogen functional groups attached to an aromatic ring is 1. The van der Waals surface area contributed by atoms with Crippen LogP contribution in [-0.2, 0) is 0 Å². The lowest BCUT2D eigenvalue weighted by molar-refractivity contribution is 0.416. The monoisotopic (exact) mass is 229 g/mol. The van der Waals surface area contributed by atoms with Crippen LogP contribution in [-0.4, -0.2) is 17.1 Å². The quantitative estimate of drug-likeness (QED) is 0.858. The second-order valence-electron chi connectivity index (χ2n) is 3.94. The zero-order valence-electron chi connectivity index (χ0n) is 10.2. The fourth-order valence-corrected chi connectivity index (χ4v) is 1.74. The number of anilines is 1. The van der Waals surface area contributed by atoms with Crippen LogP contribution in [0.25, 0.3) is 11.3 Å². The predicted octanol–water partition coefficient (Wildman–Crippen LogP) is 2.35. The Kier molecular flexibility index (Phi) is 2.95. The van der Waals surface area contributed by atoms with Gasteiger partial charge in [0.25, 0.3) is 0 Å². The molecule has 0 bridgehead atoms. The maximum atomic E-state index is 5.80. The van der Waals surface area contributed by atoms with E-state index in [0.29, 0.717) is 5.82 Å². The molecule has 0 spiro atoms. The molecule has 0 aliphatic carbocycles. The Hall–Kier alpha value is -2.10. The standard InChI is InChI=1S/C13H15N3O/c1-8-4-5-11(17-3)10(6-8)12-9(2)13(14)16-7-15-12/h4-7H,1-3H3,(H2,14,15,16). The largest absolute Gasteiger partial charge is 0.496 e. The Morgan fingerprint density at radius 3 is 2.65 bits per heavy atom. The zero-order valence-corrected chi connectivity index (χ0v) is 10.2. The van der Waals surface area contributed by atoms with Crippen molar-refractivity contribution in [2.45, 2.75) is 13.8 Å². The van der Waals surface area contributed by atoms with E-state index in [1.165, 1.54) is 6.33 Å². The normalized spacial score (nSPS) is 10.3. The van der Waals surface area contributed by atoms with Gasteiger partial charge in [-0.05, 0) is 26.0 Å². The van der Waals surface area contributed by atoms with Crippen molar-refractivity contribution in [2.24, 2.45) is 0 Å². The van der Waals surface area contributed by atoms with Crippen molar-refractivity contribution < 1.29 is 4.74 Å². The van der Waals surface area contributed by atoms with Gasteiger partial charge in [-0.1, -0.05) is 11.6 Å². The molecule has 1 aromatic carbocycles. The number of hydrogen-bond donors (Lipinski definition) is 1. The molecule has 0 radical (unpaired) electrons. The molecule has 0 atom stereocenters. The highest BCUT2D eigenvalue weighted by Crippen LogP contribution is 2.32. The molecule has 2 rings (SSSR count). The summed E-state index contributed by atoms with van der Waals surface area (Å²) in [4.78, 5) is 8.26. The van der Waals surface area contributed by atoms with E-state index < -0.39 is 0 Å². The van der Waals surface area contributed by atoms with Crippen LogP contribution in [0.15, 0.2) is 24.5 Å². The SMILES string of the molecule is COc1ccc(C)cc1-c1ncnc(N)c1C. The summed E-state index contributed by atoms with van der Waals surface area (Å²) in [7, 11) is 1.65. The fraction of sp³-hybridized carbons (Fsp3) is 0.231. The maximum absolute atomic E-state index is 5.80. The van der Waals surface area contributed by atoms with Gasteiger partial charge in [0.1, 0.15) is 17.9 Å². The van der Waals surface area contributed by atoms with Gasteiger partial charge in [-0.15, -0.1) is 0 Å². The van der Waals surface area contributed by atoms with Gasteiger partial charge < -0.3 is 10.5 Å². The molecule has 0 aliphatic rings. The van der Waals surface area contributed by atoms with Crippen LogP contribution >= 0.6 is 0 Å². The summed E-state index contributed by atoms with van der Waals surface area (Å²) in [6.45, 7) is 3.94. The molecular weight excluding hydrogens is 214 g/mol. The molecule has 4 nitrogen and oxygen atoms in total. The van der Waals surface area contributed by atoms with E-state index in [2.05, 4.69) is 9.97 Å². The first kappa shape index (κ1) is 11.4. The summed E-state index contributed by atoms with van der Waals surface area (Å²) in [6, 6.07) is 5.97. The lowest BCUT2D eigenvalue weighted by atomic mass is 10.0. The van der Waals surface area contributed by atoms with Gasteiger partial charge >= 0.3 is 0 Å². The average Bonchev–Trinajstić information content (AvgIpc) is 2.33. The number of rotatable bonds is 2. The highest BCUT2D eigenvalue weighted by molar-refractivity contribution is 5.73. The zero-order chi connectivity index (χ0) is 12.4. The van der Waals surface area contributed by atoms with Gasteiger partial charge in [-0.3, -0.25) is 0 Å². The van der Waals surface area contributed by atoms with Crippen molar-refractivity contribution in [1.29, 1.82) is 0 Å². The first-order chi connectivity index (χ1) is 8.13. The third-order valence-electron chi connectivity index (χ3n) is 2.73. The van der Waals surface area contributed by atoms with Crippen molar-refractivity contribution >= 4 is 5.82 Å². The molecule has 88 valence electrons. The van der Waals surface area contributed by atoms with E-state index in [4.69, 9.17) is 10.5 Å². The van der Waals surface area contributed by atoms with Crippen molar-refractivity contribution in [3.8, 4) is 17.0 Å². The number of methoxy groups -OCH3 is 1. The second kappa shape index (κ2) is 4.41. The molecule has 0 aliphatic heterocycles. The van der Waals surface area contributed by atoms with Crippen LogP contribution < -0.4 is 10.5 Å². The van der Waals surface area contributed by atoms with E-state index in [1.54, 1.807) is 7.11 Å². The van der Waals surface area contributed by atoms with Crippen molar-refractivity contribution in [2.75, 3.05) is 12.8 Å². The van der Waals surface area contributed by atoms with Gasteiger partial charge in [0.15, 0.2) is 0 Å². The van der Waals surface area contributed by atoms with E-state index in [-0.39, 0.29) is 0 Å². The summed E-state index contributed by atoms with van der Waals surface area (Å²) in [5, 5.41) is 0. The molecule has 1 aromatic heterocycles. The third kappa shape index (κ3) is 2.06. The minimum Gasteiger partial charge on any atom is -0.496 e. The van der Waals surface area contributed by atoms with Crippen LogP contribution in [0.3, 0.4) is 0 Å². The summed E-state index contributed by atoms with van der Waals surface area (Å²) in [5.74, 6) is 1.29. The minimum atomic E-state index is 0.499. The Labute approximate surface area is 100 Å². The number of nitrogens with zero attached hydrogens (tertiary/aromatic N) is 2. The first-order valence-corrected chi connectivity index (χ1v) is 5.35. The number of aromatic nitrogens is 2. The topological polar surface area (TPSA) is 61.0 Å². The van der Waals surface area contributed by atoms with Crippen molar-refractivity contribution in [1.82, 2.24) is 9.97 Å². The van der Waals surface area contributed by atoms with Crippen LogP contribution in [0.4, 0.5) is 5.82 Å². The lowest BCUT2D eigenvalue weighted by Gasteiger charge is -2.11. The summed E-state index contributed by atoms with van der Waals surface area (Å²) >= 11 is 0. The van der Waals surface area contributed by atoms with E-state index >= 15 is 0 Å². The van der Waals surface area contributed by atoms with E-state index in [1.807, 2.05) is 32.0 Å². The molecule has 17 heavy (non-hydrogen) atoms. The molecule has 1 heterocycles. The minimum absolute atomic E-state index is 0.499. The van der Waals surface area contributed by atoms with Crippen LogP contribution in [0, 0.1) is 13.8 Å². The van der Waals surface area contributed by atoms with Gasteiger partial charge in [0.2, 0.25) is 0 Å². The van der Waals surface area contributed by atoms with Crippen LogP contribution in [0.1, 0.15) is 11.1 Å². The van der Waals surface area contributed by atoms with Crippen LogP contribution in [0.2, 0.25) is 0 Å². The number of benzene rings is 1. The first-order valence-electron chi connectivity index (χ1n) is 5.35. The Balaban J connectivity index is 2.67. The average molecular weight is 229 g/mol. The van der Waals surface area contributed by atoms with Crippen LogP contribution in [0.5, 0.6) is 5.75 Å². The van der Waals surface area contributed by atoms with Gasteiger partial charge in [0.05, 0.1) is 12.8 Å². The predicted molar refractivity (Wildman–Crippen MR) is 67.9 cm³/mol. The fourth-order valence-electron chi connectivity index (χ4n) is 1.74. The molecule has 2 aromatic rings. The molecule has 0 fully saturated rings. The Bertz CT molecular complexity index is 552. The number of nitrogens with two attached hydrogens (primary N) is 1. The van der Waals surface area contributed by atoms with Crippen molar-refractivity contribution in [3.05, 3.63) is 35.7 Å². The summed E-state index contributed by atoms with van der Waals surface area (Å²) in [5.41, 5.74) is 9.58. The molecule has 2 N–H and O–H groups in total. The highest BCUT2D eigenvalue weighted by atomic mass is 16.5. The van der Waals surface area contributed by atoms with E-state index in [0.717, 1.165) is 28.1 Å². The molecular formula is C13H15N3O. The maximum Gasteiger partial charge on any atom is 0.130 e.